The molecule has 2 aromatic carbocycles. The van der Waals surface area contributed by atoms with Gasteiger partial charge in [0.2, 0.25) is 0 Å². The van der Waals surface area contributed by atoms with Crippen molar-refractivity contribution in [3.63, 3.8) is 0 Å². The number of rotatable bonds is 3. The lowest BCUT2D eigenvalue weighted by molar-refractivity contribution is 0.0595. The van der Waals surface area contributed by atoms with E-state index in [4.69, 9.17) is 28.9 Å². The van der Waals surface area contributed by atoms with Crippen LogP contribution in [0.4, 0.5) is 0 Å². The molecule has 3 nitrogen and oxygen atoms in total. The number of likely N-dealkylation sites (tertiary alicyclic amines) is 1. The topological polar surface area (TPSA) is 46.3 Å². The summed E-state index contributed by atoms with van der Waals surface area (Å²) in [4.78, 5) is 15.1. The molecule has 0 aliphatic carbocycles. The Kier molecular flexibility index (Phi) is 5.91. The first-order chi connectivity index (χ1) is 12.3. The number of carbonyl (C=O) groups is 1. The third-order valence-corrected chi connectivity index (χ3v) is 5.68. The lowest BCUT2D eigenvalue weighted by atomic mass is 9.91. The van der Waals surface area contributed by atoms with Gasteiger partial charge in [0.25, 0.3) is 5.91 Å². The highest BCUT2D eigenvalue weighted by molar-refractivity contribution is 6.42. The number of nitrogens with zero attached hydrogens (tertiary/aromatic N) is 1. The smallest absolute Gasteiger partial charge is 0.254 e. The molecule has 5 heteroatoms. The van der Waals surface area contributed by atoms with Gasteiger partial charge in [0, 0.05) is 24.2 Å². The highest BCUT2D eigenvalue weighted by atomic mass is 35.5. The molecule has 3 rings (SSSR count). The Balaban J connectivity index is 1.85. The van der Waals surface area contributed by atoms with Gasteiger partial charge in [-0.15, -0.1) is 0 Å². The monoisotopic (exact) mass is 390 g/mol. The zero-order chi connectivity index (χ0) is 18.8. The van der Waals surface area contributed by atoms with Crippen molar-refractivity contribution >= 4 is 29.1 Å². The second-order valence-corrected chi connectivity index (χ2v) is 8.08. The Morgan fingerprint density at radius 3 is 2.46 bits per heavy atom. The molecule has 1 fully saturated rings. The van der Waals surface area contributed by atoms with Crippen molar-refractivity contribution in [3.05, 3.63) is 68.7 Å². The summed E-state index contributed by atoms with van der Waals surface area (Å²) in [6.45, 7) is 4.71. The minimum absolute atomic E-state index is 0.0595. The maximum Gasteiger partial charge on any atom is 0.254 e. The molecule has 0 unspecified atom stereocenters. The lowest BCUT2D eigenvalue weighted by Crippen LogP contribution is -2.50. The summed E-state index contributed by atoms with van der Waals surface area (Å²) < 4.78 is 0. The fourth-order valence-electron chi connectivity index (χ4n) is 3.75. The van der Waals surface area contributed by atoms with E-state index in [2.05, 4.69) is 6.07 Å². The van der Waals surface area contributed by atoms with E-state index in [0.717, 1.165) is 41.5 Å². The van der Waals surface area contributed by atoms with Gasteiger partial charge in [-0.3, -0.25) is 4.79 Å². The first-order valence-electron chi connectivity index (χ1n) is 8.92. The van der Waals surface area contributed by atoms with Gasteiger partial charge in [0.1, 0.15) is 0 Å². The summed E-state index contributed by atoms with van der Waals surface area (Å²) in [5.74, 6) is 0.0776. The molecule has 0 saturated carbocycles. The van der Waals surface area contributed by atoms with Crippen molar-refractivity contribution in [2.45, 2.75) is 45.2 Å². The Hall–Kier alpha value is -1.55. The molecular formula is C21H24Cl2N2O. The summed E-state index contributed by atoms with van der Waals surface area (Å²) in [6, 6.07) is 11.8. The van der Waals surface area contributed by atoms with Crippen molar-refractivity contribution < 1.29 is 4.79 Å². The van der Waals surface area contributed by atoms with Crippen LogP contribution in [0.5, 0.6) is 0 Å². The molecule has 0 aromatic heterocycles. The van der Waals surface area contributed by atoms with Gasteiger partial charge < -0.3 is 10.6 Å². The number of benzene rings is 2. The van der Waals surface area contributed by atoms with E-state index in [0.29, 0.717) is 16.6 Å². The molecule has 2 aromatic rings. The average molecular weight is 391 g/mol. The van der Waals surface area contributed by atoms with Crippen LogP contribution in [0.3, 0.4) is 0 Å². The molecule has 0 radical (unpaired) electrons. The van der Waals surface area contributed by atoms with Crippen LogP contribution in [-0.2, 0) is 6.42 Å². The van der Waals surface area contributed by atoms with E-state index in [1.807, 2.05) is 43.0 Å². The average Bonchev–Trinajstić information content (AvgIpc) is 2.57. The number of amides is 1. The minimum atomic E-state index is 0.0595. The zero-order valence-corrected chi connectivity index (χ0v) is 16.6. The summed E-state index contributed by atoms with van der Waals surface area (Å²) in [5, 5.41) is 1.08. The molecule has 26 heavy (non-hydrogen) atoms. The third-order valence-electron chi connectivity index (χ3n) is 4.94. The van der Waals surface area contributed by atoms with Crippen LogP contribution < -0.4 is 5.73 Å². The van der Waals surface area contributed by atoms with Crippen molar-refractivity contribution in [1.29, 1.82) is 0 Å². The molecule has 1 heterocycles. The number of piperidine rings is 1. The van der Waals surface area contributed by atoms with E-state index in [-0.39, 0.29) is 18.0 Å². The Morgan fingerprint density at radius 2 is 1.81 bits per heavy atom. The van der Waals surface area contributed by atoms with Crippen molar-refractivity contribution in [2.24, 2.45) is 5.73 Å². The highest BCUT2D eigenvalue weighted by Crippen LogP contribution is 2.27. The van der Waals surface area contributed by atoms with Crippen molar-refractivity contribution in [2.75, 3.05) is 6.54 Å². The third kappa shape index (κ3) is 4.40. The minimum Gasteiger partial charge on any atom is -0.335 e. The number of halogens is 2. The van der Waals surface area contributed by atoms with Crippen LogP contribution in [0.2, 0.25) is 10.0 Å². The second-order valence-electron chi connectivity index (χ2n) is 7.27. The number of hydrogen-bond acceptors (Lipinski definition) is 2. The zero-order valence-electron chi connectivity index (χ0n) is 15.1. The van der Waals surface area contributed by atoms with E-state index in [9.17, 15) is 4.79 Å². The van der Waals surface area contributed by atoms with Crippen LogP contribution >= 0.6 is 23.2 Å². The molecular weight excluding hydrogens is 367 g/mol. The Bertz CT molecular complexity index is 801. The molecule has 1 saturated heterocycles. The van der Waals surface area contributed by atoms with Gasteiger partial charge in [-0.25, -0.2) is 0 Å². The van der Waals surface area contributed by atoms with E-state index in [1.165, 1.54) is 0 Å². The molecule has 138 valence electrons. The molecule has 2 atom stereocenters. The summed E-state index contributed by atoms with van der Waals surface area (Å²) in [6.07, 6.45) is 2.34. The van der Waals surface area contributed by atoms with Gasteiger partial charge in [-0.05, 0) is 62.9 Å². The van der Waals surface area contributed by atoms with Crippen LogP contribution in [0, 0.1) is 13.8 Å². The molecule has 1 aliphatic heterocycles. The quantitative estimate of drug-likeness (QED) is 0.818. The van der Waals surface area contributed by atoms with Gasteiger partial charge in [-0.2, -0.15) is 0 Å². The van der Waals surface area contributed by atoms with Gasteiger partial charge in [0.15, 0.2) is 0 Å². The first kappa shape index (κ1) is 19.2. The lowest BCUT2D eigenvalue weighted by Gasteiger charge is -2.39. The standard InChI is InChI=1S/C21H24Cl2N2O/c1-13-7-14(2)9-16(8-13)21(26)25-6-5-17(24)12-18(25)10-15-3-4-19(22)20(23)11-15/h3-4,7-9,11,17-18H,5-6,10,12,24H2,1-2H3/t17-,18+/m0/s1. The number of aryl methyl sites for hydroxylation is 2. The Morgan fingerprint density at radius 1 is 1.12 bits per heavy atom. The van der Waals surface area contributed by atoms with Gasteiger partial charge in [-0.1, -0.05) is 46.5 Å². The molecule has 0 spiro atoms. The predicted octanol–water partition coefficient (Wildman–Crippen LogP) is 4.78. The molecule has 0 bridgehead atoms. The fraction of sp³-hybridized carbons (Fsp3) is 0.381. The normalized spacial score (nSPS) is 20.3. The second kappa shape index (κ2) is 7.99. The van der Waals surface area contributed by atoms with Gasteiger partial charge >= 0.3 is 0 Å². The highest BCUT2D eigenvalue weighted by Gasteiger charge is 2.31. The number of hydrogen-bond donors (Lipinski definition) is 1. The fourth-order valence-corrected chi connectivity index (χ4v) is 4.07. The maximum atomic E-state index is 13.2. The first-order valence-corrected chi connectivity index (χ1v) is 9.68. The molecule has 1 amide bonds. The molecule has 1 aliphatic rings. The molecule has 2 N–H and O–H groups in total. The van der Waals surface area contributed by atoms with Gasteiger partial charge in [0.05, 0.1) is 10.0 Å². The summed E-state index contributed by atoms with van der Waals surface area (Å²) >= 11 is 12.2. The number of nitrogens with two attached hydrogens (primary N) is 1. The largest absolute Gasteiger partial charge is 0.335 e. The summed E-state index contributed by atoms with van der Waals surface area (Å²) in [5.41, 5.74) is 10.2. The maximum absolute atomic E-state index is 13.2. The SMILES string of the molecule is Cc1cc(C)cc(C(=O)N2CC[C@H](N)C[C@H]2Cc2ccc(Cl)c(Cl)c2)c1. The van der Waals surface area contributed by atoms with E-state index < -0.39 is 0 Å². The predicted molar refractivity (Wildman–Crippen MR) is 108 cm³/mol. The van der Waals surface area contributed by atoms with Crippen LogP contribution in [0.15, 0.2) is 36.4 Å². The Labute approximate surface area is 165 Å². The summed E-state index contributed by atoms with van der Waals surface area (Å²) in [7, 11) is 0. The van der Waals surface area contributed by atoms with Crippen LogP contribution in [-0.4, -0.2) is 29.4 Å². The van der Waals surface area contributed by atoms with Crippen molar-refractivity contribution in [3.8, 4) is 0 Å². The van der Waals surface area contributed by atoms with Crippen LogP contribution in [0.25, 0.3) is 0 Å². The van der Waals surface area contributed by atoms with E-state index >= 15 is 0 Å². The number of carbonyl (C=O) groups excluding carboxylic acids is 1. The van der Waals surface area contributed by atoms with Crippen molar-refractivity contribution in [1.82, 2.24) is 4.90 Å². The van der Waals surface area contributed by atoms with Crippen LogP contribution in [0.1, 0.15) is 39.9 Å². The van der Waals surface area contributed by atoms with E-state index in [1.54, 1.807) is 6.07 Å².